The number of hydrogen-bond acceptors (Lipinski definition) is 4. The molecular formula is C28H32FN3O4S. The first-order valence-corrected chi connectivity index (χ1v) is 13.4. The van der Waals surface area contributed by atoms with E-state index in [0.29, 0.717) is 6.42 Å². The fraction of sp³-hybridized carbons (Fsp3) is 0.286. The lowest BCUT2D eigenvalue weighted by molar-refractivity contribution is -0.140. The van der Waals surface area contributed by atoms with Crippen LogP contribution < -0.4 is 9.62 Å². The van der Waals surface area contributed by atoms with Crippen LogP contribution in [0.2, 0.25) is 0 Å². The van der Waals surface area contributed by atoms with E-state index < -0.39 is 34.3 Å². The number of hydrogen-bond donors (Lipinski definition) is 1. The maximum Gasteiger partial charge on any atom is 0.264 e. The topological polar surface area (TPSA) is 86.8 Å². The minimum absolute atomic E-state index is 0.130. The summed E-state index contributed by atoms with van der Waals surface area (Å²) in [7, 11) is -2.73. The zero-order valence-electron chi connectivity index (χ0n) is 21.4. The van der Waals surface area contributed by atoms with Gasteiger partial charge in [-0.2, -0.15) is 0 Å². The van der Waals surface area contributed by atoms with Crippen LogP contribution in [0, 0.1) is 19.7 Å². The van der Waals surface area contributed by atoms with Gasteiger partial charge in [-0.05, 0) is 62.2 Å². The van der Waals surface area contributed by atoms with Gasteiger partial charge in [0.05, 0.1) is 10.6 Å². The number of carbonyl (C=O) groups is 2. The smallest absolute Gasteiger partial charge is 0.264 e. The molecule has 0 fully saturated rings. The molecule has 3 aromatic carbocycles. The minimum atomic E-state index is -4.23. The number of amides is 2. The molecule has 0 radical (unpaired) electrons. The number of rotatable bonds is 10. The van der Waals surface area contributed by atoms with Gasteiger partial charge in [0.25, 0.3) is 10.0 Å². The Morgan fingerprint density at radius 1 is 0.946 bits per heavy atom. The first-order valence-electron chi connectivity index (χ1n) is 12.0. The standard InChI is InChI=1S/C28H32FN3O4S/c1-5-26(28(34)30-4)31(18-22-8-6-7-21(3)17-22)27(33)19-32(24-13-9-20(2)10-14-24)37(35,36)25-15-11-23(29)12-16-25/h6-17,26H,5,18-19H2,1-4H3,(H,30,34)/t26-/m0/s1. The third-order valence-corrected chi connectivity index (χ3v) is 7.86. The number of aryl methyl sites for hydroxylation is 2. The normalized spacial score (nSPS) is 12.0. The summed E-state index contributed by atoms with van der Waals surface area (Å²) >= 11 is 0. The van der Waals surface area contributed by atoms with E-state index in [0.717, 1.165) is 33.1 Å². The quantitative estimate of drug-likeness (QED) is 0.430. The van der Waals surface area contributed by atoms with Crippen molar-refractivity contribution in [2.45, 2.75) is 44.7 Å². The maximum atomic E-state index is 13.8. The number of likely N-dealkylation sites (N-methyl/N-ethyl adjacent to an activating group) is 1. The van der Waals surface area contributed by atoms with Gasteiger partial charge in [-0.3, -0.25) is 13.9 Å². The summed E-state index contributed by atoms with van der Waals surface area (Å²) in [6.45, 7) is 5.18. The van der Waals surface area contributed by atoms with Crippen molar-refractivity contribution in [1.29, 1.82) is 0 Å². The minimum Gasteiger partial charge on any atom is -0.357 e. The van der Waals surface area contributed by atoms with Crippen LogP contribution in [-0.2, 0) is 26.2 Å². The molecule has 0 aliphatic carbocycles. The molecule has 0 bridgehead atoms. The van der Waals surface area contributed by atoms with Crippen molar-refractivity contribution in [3.05, 3.63) is 95.3 Å². The van der Waals surface area contributed by atoms with Crippen LogP contribution >= 0.6 is 0 Å². The van der Waals surface area contributed by atoms with Gasteiger partial charge in [0.1, 0.15) is 18.4 Å². The van der Waals surface area contributed by atoms with Gasteiger partial charge >= 0.3 is 0 Å². The number of anilines is 1. The van der Waals surface area contributed by atoms with Gasteiger partial charge in [0.2, 0.25) is 11.8 Å². The van der Waals surface area contributed by atoms with Crippen molar-refractivity contribution >= 4 is 27.5 Å². The lowest BCUT2D eigenvalue weighted by Crippen LogP contribution is -2.51. The molecule has 3 aromatic rings. The van der Waals surface area contributed by atoms with Gasteiger partial charge in [0, 0.05) is 13.6 Å². The predicted molar refractivity (Wildman–Crippen MR) is 142 cm³/mol. The van der Waals surface area contributed by atoms with E-state index in [1.165, 1.54) is 24.1 Å². The van der Waals surface area contributed by atoms with Crippen molar-refractivity contribution in [1.82, 2.24) is 10.2 Å². The lowest BCUT2D eigenvalue weighted by Gasteiger charge is -2.33. The second-order valence-corrected chi connectivity index (χ2v) is 10.7. The molecule has 0 aliphatic heterocycles. The van der Waals surface area contributed by atoms with Crippen LogP contribution in [0.5, 0.6) is 0 Å². The molecule has 0 heterocycles. The molecule has 2 amide bonds. The van der Waals surface area contributed by atoms with Crippen LogP contribution in [0.1, 0.15) is 30.0 Å². The molecule has 196 valence electrons. The Morgan fingerprint density at radius 3 is 2.16 bits per heavy atom. The number of carbonyl (C=O) groups excluding carboxylic acids is 2. The second kappa shape index (κ2) is 12.0. The molecular weight excluding hydrogens is 493 g/mol. The zero-order valence-corrected chi connectivity index (χ0v) is 22.3. The number of nitrogens with one attached hydrogen (secondary N) is 1. The maximum absolute atomic E-state index is 13.8. The highest BCUT2D eigenvalue weighted by Crippen LogP contribution is 2.25. The highest BCUT2D eigenvalue weighted by atomic mass is 32.2. The summed E-state index contributed by atoms with van der Waals surface area (Å²) in [5.41, 5.74) is 3.02. The van der Waals surface area contributed by atoms with Gasteiger partial charge in [-0.1, -0.05) is 54.4 Å². The molecule has 0 saturated carbocycles. The van der Waals surface area contributed by atoms with E-state index in [1.807, 2.05) is 38.1 Å². The van der Waals surface area contributed by atoms with E-state index in [1.54, 1.807) is 31.2 Å². The first kappa shape index (κ1) is 27.9. The van der Waals surface area contributed by atoms with E-state index in [2.05, 4.69) is 5.32 Å². The zero-order chi connectivity index (χ0) is 27.2. The first-order chi connectivity index (χ1) is 17.6. The number of sulfonamides is 1. The summed E-state index contributed by atoms with van der Waals surface area (Å²) in [6, 6.07) is 18.0. The highest BCUT2D eigenvalue weighted by Gasteiger charge is 2.33. The molecule has 0 aromatic heterocycles. The summed E-state index contributed by atoms with van der Waals surface area (Å²) in [4.78, 5) is 27.8. The largest absolute Gasteiger partial charge is 0.357 e. The van der Waals surface area contributed by atoms with E-state index in [9.17, 15) is 22.4 Å². The molecule has 9 heteroatoms. The molecule has 3 rings (SSSR count). The van der Waals surface area contributed by atoms with Gasteiger partial charge in [-0.15, -0.1) is 0 Å². The van der Waals surface area contributed by atoms with Gasteiger partial charge < -0.3 is 10.2 Å². The molecule has 0 unspecified atom stereocenters. The second-order valence-electron chi connectivity index (χ2n) is 8.85. The molecule has 0 saturated heterocycles. The third-order valence-electron chi connectivity index (χ3n) is 6.07. The Hall–Kier alpha value is -3.72. The van der Waals surface area contributed by atoms with E-state index >= 15 is 0 Å². The van der Waals surface area contributed by atoms with E-state index in [4.69, 9.17) is 0 Å². The monoisotopic (exact) mass is 525 g/mol. The number of benzene rings is 3. The molecule has 7 nitrogen and oxygen atoms in total. The summed E-state index contributed by atoms with van der Waals surface area (Å²) in [5, 5.41) is 2.60. The third kappa shape index (κ3) is 6.74. The Balaban J connectivity index is 2.05. The van der Waals surface area contributed by atoms with Crippen molar-refractivity contribution in [3.63, 3.8) is 0 Å². The van der Waals surface area contributed by atoms with Crippen molar-refractivity contribution < 1.29 is 22.4 Å². The van der Waals surface area contributed by atoms with Crippen LogP contribution in [0.25, 0.3) is 0 Å². The molecule has 37 heavy (non-hydrogen) atoms. The van der Waals surface area contributed by atoms with Gasteiger partial charge in [0.15, 0.2) is 0 Å². The summed E-state index contributed by atoms with van der Waals surface area (Å²) in [6.07, 6.45) is 0.340. The highest BCUT2D eigenvalue weighted by molar-refractivity contribution is 7.92. The van der Waals surface area contributed by atoms with Gasteiger partial charge in [-0.25, -0.2) is 12.8 Å². The molecule has 1 N–H and O–H groups in total. The Labute approximate surface area is 218 Å². The van der Waals surface area contributed by atoms with Crippen LogP contribution in [0.4, 0.5) is 10.1 Å². The average Bonchev–Trinajstić information content (AvgIpc) is 2.87. The molecule has 0 spiro atoms. The fourth-order valence-corrected chi connectivity index (χ4v) is 5.48. The van der Waals surface area contributed by atoms with E-state index in [-0.39, 0.29) is 23.0 Å². The Bertz CT molecular complexity index is 1340. The Morgan fingerprint density at radius 2 is 1.59 bits per heavy atom. The summed E-state index contributed by atoms with van der Waals surface area (Å²) in [5.74, 6) is -1.45. The predicted octanol–water partition coefficient (Wildman–Crippen LogP) is 4.19. The van der Waals surface area contributed by atoms with Crippen molar-refractivity contribution in [2.24, 2.45) is 0 Å². The number of nitrogens with zero attached hydrogens (tertiary/aromatic N) is 2. The van der Waals surface area contributed by atoms with Crippen molar-refractivity contribution in [2.75, 3.05) is 17.9 Å². The van der Waals surface area contributed by atoms with Crippen molar-refractivity contribution in [3.8, 4) is 0 Å². The van der Waals surface area contributed by atoms with Crippen LogP contribution in [0.3, 0.4) is 0 Å². The Kier molecular flexibility index (Phi) is 9.04. The fourth-order valence-electron chi connectivity index (χ4n) is 4.07. The average molecular weight is 526 g/mol. The molecule has 1 atom stereocenters. The number of halogens is 1. The van der Waals surface area contributed by atoms with Crippen LogP contribution in [0.15, 0.2) is 77.7 Å². The summed E-state index contributed by atoms with van der Waals surface area (Å²) < 4.78 is 41.9. The SMILES string of the molecule is CC[C@@H](C(=O)NC)N(Cc1cccc(C)c1)C(=O)CN(c1ccc(C)cc1)S(=O)(=O)c1ccc(F)cc1. The van der Waals surface area contributed by atoms with Crippen LogP contribution in [-0.4, -0.2) is 44.8 Å². The molecule has 0 aliphatic rings. The lowest BCUT2D eigenvalue weighted by atomic mass is 10.1.